The summed E-state index contributed by atoms with van der Waals surface area (Å²) in [5, 5.41) is 0. The Morgan fingerprint density at radius 1 is 1.15 bits per heavy atom. The van der Waals surface area contributed by atoms with E-state index in [0.29, 0.717) is 0 Å². The molecule has 0 saturated carbocycles. The van der Waals surface area contributed by atoms with Crippen molar-refractivity contribution in [2.45, 2.75) is 45.1 Å². The summed E-state index contributed by atoms with van der Waals surface area (Å²) in [4.78, 5) is 15.2. The summed E-state index contributed by atoms with van der Waals surface area (Å²) in [6, 6.07) is 7.46. The van der Waals surface area contributed by atoms with E-state index in [1.807, 2.05) is 38.1 Å². The summed E-state index contributed by atoms with van der Waals surface area (Å²) >= 11 is 0. The number of methoxy groups -OCH3 is 1. The monoisotopic (exact) mass is 275 g/mol. The number of ketones is 1. The maximum atomic E-state index is 12.8. The van der Waals surface area contributed by atoms with Crippen LogP contribution in [0.15, 0.2) is 24.3 Å². The summed E-state index contributed by atoms with van der Waals surface area (Å²) < 4.78 is 5.22. The van der Waals surface area contributed by atoms with Gasteiger partial charge in [-0.2, -0.15) is 0 Å². The summed E-state index contributed by atoms with van der Waals surface area (Å²) in [5.74, 6) is 0.917. The molecule has 0 radical (unpaired) electrons. The van der Waals surface area contributed by atoms with E-state index in [-0.39, 0.29) is 5.78 Å². The lowest BCUT2D eigenvalue weighted by Gasteiger charge is -2.36. The van der Waals surface area contributed by atoms with Gasteiger partial charge in [0.25, 0.3) is 0 Å². The number of rotatable bonds is 4. The first kappa shape index (κ1) is 15.0. The van der Waals surface area contributed by atoms with Gasteiger partial charge in [0, 0.05) is 5.56 Å². The number of hydrogen-bond donors (Lipinski definition) is 0. The second-order valence-electron chi connectivity index (χ2n) is 6.02. The zero-order valence-corrected chi connectivity index (χ0v) is 12.8. The van der Waals surface area contributed by atoms with Crippen molar-refractivity contribution in [1.29, 1.82) is 0 Å². The quantitative estimate of drug-likeness (QED) is 0.787. The largest absolute Gasteiger partial charge is 0.497 e. The molecule has 0 bridgehead atoms. The van der Waals surface area contributed by atoms with Crippen molar-refractivity contribution in [2.24, 2.45) is 0 Å². The summed E-state index contributed by atoms with van der Waals surface area (Å²) in [6.45, 7) is 6.12. The number of likely N-dealkylation sites (tertiary alicyclic amines) is 1. The average molecular weight is 275 g/mol. The number of carbonyl (C=O) groups is 1. The van der Waals surface area contributed by atoms with Crippen LogP contribution in [0.4, 0.5) is 0 Å². The Kier molecular flexibility index (Phi) is 4.81. The van der Waals surface area contributed by atoms with Crippen LogP contribution >= 0.6 is 0 Å². The predicted octanol–water partition coefficient (Wildman–Crippen LogP) is 3.53. The number of Topliss-reactive ketones (excluding diaryl/α,β-unsaturated/α-hetero) is 1. The van der Waals surface area contributed by atoms with Crippen molar-refractivity contribution < 1.29 is 9.53 Å². The van der Waals surface area contributed by atoms with Gasteiger partial charge in [-0.05, 0) is 51.9 Å². The van der Waals surface area contributed by atoms with Gasteiger partial charge in [0.05, 0.1) is 12.6 Å². The third kappa shape index (κ3) is 3.21. The van der Waals surface area contributed by atoms with Crippen LogP contribution in [-0.4, -0.2) is 36.4 Å². The first-order valence-electron chi connectivity index (χ1n) is 7.49. The normalized spacial score (nSPS) is 17.6. The van der Waals surface area contributed by atoms with E-state index in [2.05, 4.69) is 4.90 Å². The molecule has 1 saturated heterocycles. The minimum atomic E-state index is -0.448. The van der Waals surface area contributed by atoms with Gasteiger partial charge in [0.15, 0.2) is 5.78 Å². The van der Waals surface area contributed by atoms with Crippen molar-refractivity contribution >= 4 is 5.78 Å². The molecule has 2 rings (SSSR count). The summed E-state index contributed by atoms with van der Waals surface area (Å²) in [5.41, 5.74) is 0.287. The maximum Gasteiger partial charge on any atom is 0.182 e. The van der Waals surface area contributed by atoms with Crippen LogP contribution in [-0.2, 0) is 0 Å². The first-order valence-corrected chi connectivity index (χ1v) is 7.49. The Labute approximate surface area is 121 Å². The van der Waals surface area contributed by atoms with Crippen LogP contribution in [0.1, 0.15) is 49.9 Å². The van der Waals surface area contributed by atoms with Crippen LogP contribution in [0.2, 0.25) is 0 Å². The van der Waals surface area contributed by atoms with Crippen LogP contribution in [0.5, 0.6) is 5.75 Å². The number of hydrogen-bond acceptors (Lipinski definition) is 3. The summed E-state index contributed by atoms with van der Waals surface area (Å²) in [7, 11) is 1.63. The van der Waals surface area contributed by atoms with Crippen LogP contribution in [0.25, 0.3) is 0 Å². The van der Waals surface area contributed by atoms with E-state index in [9.17, 15) is 4.79 Å². The molecule has 1 aliphatic rings. The van der Waals surface area contributed by atoms with Gasteiger partial charge in [-0.15, -0.1) is 0 Å². The number of ether oxygens (including phenoxy) is 1. The molecule has 110 valence electrons. The Balaban J connectivity index is 2.20. The lowest BCUT2D eigenvalue weighted by Crippen LogP contribution is -2.50. The van der Waals surface area contributed by atoms with Gasteiger partial charge < -0.3 is 4.74 Å². The SMILES string of the molecule is COc1cccc(C(=O)C(C)(C)N2CCCCCC2)c1. The van der Waals surface area contributed by atoms with E-state index < -0.39 is 5.54 Å². The molecule has 1 fully saturated rings. The molecule has 0 spiro atoms. The fourth-order valence-electron chi connectivity index (χ4n) is 2.89. The highest BCUT2D eigenvalue weighted by atomic mass is 16.5. The molecular weight excluding hydrogens is 250 g/mol. The van der Waals surface area contributed by atoms with Crippen LogP contribution in [0.3, 0.4) is 0 Å². The van der Waals surface area contributed by atoms with Crippen LogP contribution in [0, 0.1) is 0 Å². The highest BCUT2D eigenvalue weighted by Gasteiger charge is 2.35. The molecule has 3 nitrogen and oxygen atoms in total. The highest BCUT2D eigenvalue weighted by molar-refractivity contribution is 6.03. The third-order valence-electron chi connectivity index (χ3n) is 4.28. The zero-order valence-electron chi connectivity index (χ0n) is 12.8. The number of nitrogens with zero attached hydrogens (tertiary/aromatic N) is 1. The van der Waals surface area contributed by atoms with E-state index in [1.54, 1.807) is 7.11 Å². The molecule has 1 heterocycles. The van der Waals surface area contributed by atoms with Gasteiger partial charge in [-0.25, -0.2) is 0 Å². The lowest BCUT2D eigenvalue weighted by atomic mass is 9.91. The van der Waals surface area contributed by atoms with E-state index in [1.165, 1.54) is 25.7 Å². The van der Waals surface area contributed by atoms with Crippen molar-refractivity contribution in [2.75, 3.05) is 20.2 Å². The Morgan fingerprint density at radius 3 is 2.40 bits per heavy atom. The molecule has 0 unspecified atom stereocenters. The molecule has 0 amide bonds. The van der Waals surface area contributed by atoms with Crippen molar-refractivity contribution in [3.05, 3.63) is 29.8 Å². The van der Waals surface area contributed by atoms with Gasteiger partial charge in [0.2, 0.25) is 0 Å². The maximum absolute atomic E-state index is 12.8. The standard InChI is InChI=1S/C17H25NO2/c1-17(2,18-11-6-4-5-7-12-18)16(19)14-9-8-10-15(13-14)20-3/h8-10,13H,4-7,11-12H2,1-3H3. The predicted molar refractivity (Wildman–Crippen MR) is 81.4 cm³/mol. The molecular formula is C17H25NO2. The molecule has 0 N–H and O–H groups in total. The Morgan fingerprint density at radius 2 is 1.80 bits per heavy atom. The minimum Gasteiger partial charge on any atom is -0.497 e. The van der Waals surface area contributed by atoms with Gasteiger partial charge in [-0.3, -0.25) is 9.69 Å². The molecule has 0 atom stereocenters. The second-order valence-corrected chi connectivity index (χ2v) is 6.02. The number of benzene rings is 1. The Hall–Kier alpha value is -1.35. The lowest BCUT2D eigenvalue weighted by molar-refractivity contribution is 0.0649. The number of carbonyl (C=O) groups excluding carboxylic acids is 1. The fourth-order valence-corrected chi connectivity index (χ4v) is 2.89. The van der Waals surface area contributed by atoms with Gasteiger partial charge in [0.1, 0.15) is 5.75 Å². The van der Waals surface area contributed by atoms with E-state index in [0.717, 1.165) is 24.4 Å². The van der Waals surface area contributed by atoms with Gasteiger partial charge >= 0.3 is 0 Å². The summed E-state index contributed by atoms with van der Waals surface area (Å²) in [6.07, 6.45) is 4.93. The smallest absolute Gasteiger partial charge is 0.182 e. The van der Waals surface area contributed by atoms with Crippen molar-refractivity contribution in [3.8, 4) is 5.75 Å². The molecule has 3 heteroatoms. The molecule has 0 aromatic heterocycles. The molecule has 1 aromatic carbocycles. The first-order chi connectivity index (χ1) is 9.55. The molecule has 1 aliphatic heterocycles. The molecule has 20 heavy (non-hydrogen) atoms. The van der Waals surface area contributed by atoms with Crippen molar-refractivity contribution in [3.63, 3.8) is 0 Å². The topological polar surface area (TPSA) is 29.5 Å². The van der Waals surface area contributed by atoms with Crippen molar-refractivity contribution in [1.82, 2.24) is 4.90 Å². The zero-order chi connectivity index (χ0) is 14.6. The molecule has 0 aliphatic carbocycles. The highest BCUT2D eigenvalue weighted by Crippen LogP contribution is 2.25. The van der Waals surface area contributed by atoms with E-state index >= 15 is 0 Å². The Bertz CT molecular complexity index is 460. The third-order valence-corrected chi connectivity index (χ3v) is 4.28. The second kappa shape index (κ2) is 6.40. The van der Waals surface area contributed by atoms with Crippen LogP contribution < -0.4 is 4.74 Å². The fraction of sp³-hybridized carbons (Fsp3) is 0.588. The average Bonchev–Trinajstić information content (AvgIpc) is 2.76. The van der Waals surface area contributed by atoms with Gasteiger partial charge in [-0.1, -0.05) is 25.0 Å². The minimum absolute atomic E-state index is 0.179. The van der Waals surface area contributed by atoms with E-state index in [4.69, 9.17) is 4.74 Å². The molecule has 1 aromatic rings.